The van der Waals surface area contributed by atoms with Gasteiger partial charge >= 0.3 is 0 Å². The average Bonchev–Trinajstić information content (AvgIpc) is 2.71. The summed E-state index contributed by atoms with van der Waals surface area (Å²) < 4.78 is 10.9. The molecule has 140 valence electrons. The zero-order valence-corrected chi connectivity index (χ0v) is 16.2. The number of hydrogen-bond acceptors (Lipinski definition) is 5. The zero-order valence-electron chi connectivity index (χ0n) is 15.4. The molecule has 0 aromatic heterocycles. The number of nitrogens with one attached hydrogen (secondary N) is 1. The minimum Gasteiger partial charge on any atom is -0.497 e. The number of nitrogen functional groups attached to an aromatic ring is 1. The zero-order chi connectivity index (χ0) is 18.9. The Bertz CT molecular complexity index is 853. The van der Waals surface area contributed by atoms with E-state index in [1.807, 2.05) is 48.5 Å². The summed E-state index contributed by atoms with van der Waals surface area (Å²) in [6, 6.07) is 23.9. The molecule has 0 aliphatic carbocycles. The highest BCUT2D eigenvalue weighted by atomic mass is 32.2. The molecule has 0 saturated heterocycles. The summed E-state index contributed by atoms with van der Waals surface area (Å²) in [4.78, 5) is 2.28. The number of ether oxygens (including phenoxy) is 2. The summed E-state index contributed by atoms with van der Waals surface area (Å²) in [5.41, 5.74) is 8.12. The monoisotopic (exact) mass is 380 g/mol. The minimum absolute atomic E-state index is 0.604. The Kier molecular flexibility index (Phi) is 7.02. The number of anilines is 1. The molecular formula is C22H24N2O2S. The third-order valence-corrected chi connectivity index (χ3v) is 5.24. The van der Waals surface area contributed by atoms with Gasteiger partial charge in [-0.15, -0.1) is 0 Å². The van der Waals surface area contributed by atoms with Gasteiger partial charge in [0.05, 0.1) is 7.11 Å². The molecule has 0 atom stereocenters. The summed E-state index contributed by atoms with van der Waals surface area (Å²) in [5.74, 6) is 1.67. The highest BCUT2D eigenvalue weighted by Gasteiger charge is 2.06. The third-order valence-electron chi connectivity index (χ3n) is 4.03. The topological polar surface area (TPSA) is 56.5 Å². The first-order valence-electron chi connectivity index (χ1n) is 8.84. The van der Waals surface area contributed by atoms with E-state index in [0.717, 1.165) is 35.2 Å². The quantitative estimate of drug-likeness (QED) is 0.420. The lowest BCUT2D eigenvalue weighted by Gasteiger charge is -2.12. The highest BCUT2D eigenvalue weighted by Crippen LogP contribution is 2.33. The lowest BCUT2D eigenvalue weighted by Crippen LogP contribution is -2.20. The van der Waals surface area contributed by atoms with Gasteiger partial charge in [-0.25, -0.2) is 0 Å². The Morgan fingerprint density at radius 1 is 0.852 bits per heavy atom. The molecule has 3 aromatic carbocycles. The van der Waals surface area contributed by atoms with Crippen molar-refractivity contribution in [2.24, 2.45) is 0 Å². The fourth-order valence-electron chi connectivity index (χ4n) is 2.58. The Morgan fingerprint density at radius 3 is 2.26 bits per heavy atom. The lowest BCUT2D eigenvalue weighted by atomic mass is 10.2. The SMILES string of the molecule is COc1ccc(OCCNCc2ccccc2Sc2ccccc2N)cc1. The van der Waals surface area contributed by atoms with Gasteiger partial charge in [0.15, 0.2) is 0 Å². The van der Waals surface area contributed by atoms with Crippen LogP contribution in [0.5, 0.6) is 11.5 Å². The van der Waals surface area contributed by atoms with Crippen LogP contribution in [-0.2, 0) is 6.54 Å². The number of rotatable bonds is 9. The molecule has 27 heavy (non-hydrogen) atoms. The summed E-state index contributed by atoms with van der Waals surface area (Å²) in [5, 5.41) is 3.44. The fourth-order valence-corrected chi connectivity index (χ4v) is 3.56. The van der Waals surface area contributed by atoms with Crippen LogP contribution in [0, 0.1) is 0 Å². The van der Waals surface area contributed by atoms with E-state index >= 15 is 0 Å². The van der Waals surface area contributed by atoms with Gasteiger partial charge in [-0.2, -0.15) is 0 Å². The fraction of sp³-hybridized carbons (Fsp3) is 0.182. The minimum atomic E-state index is 0.604. The van der Waals surface area contributed by atoms with Crippen LogP contribution in [0.3, 0.4) is 0 Å². The van der Waals surface area contributed by atoms with E-state index in [0.29, 0.717) is 6.61 Å². The first-order chi connectivity index (χ1) is 13.3. The van der Waals surface area contributed by atoms with Gasteiger partial charge in [-0.1, -0.05) is 42.1 Å². The van der Waals surface area contributed by atoms with E-state index in [1.54, 1.807) is 18.9 Å². The van der Waals surface area contributed by atoms with Crippen molar-refractivity contribution in [3.63, 3.8) is 0 Å². The number of methoxy groups -OCH3 is 1. The Balaban J connectivity index is 1.49. The second kappa shape index (κ2) is 9.90. The number of benzene rings is 3. The van der Waals surface area contributed by atoms with Crippen LogP contribution >= 0.6 is 11.8 Å². The Morgan fingerprint density at radius 2 is 1.52 bits per heavy atom. The van der Waals surface area contributed by atoms with Gasteiger partial charge in [0, 0.05) is 28.6 Å². The largest absolute Gasteiger partial charge is 0.497 e. The maximum atomic E-state index is 6.07. The van der Waals surface area contributed by atoms with Crippen LogP contribution < -0.4 is 20.5 Å². The maximum absolute atomic E-state index is 6.07. The molecule has 0 aliphatic rings. The molecule has 3 aromatic rings. The Labute approximate surface area is 164 Å². The molecule has 0 spiro atoms. The van der Waals surface area contributed by atoms with Crippen molar-refractivity contribution in [2.75, 3.05) is 26.0 Å². The molecule has 0 fully saturated rings. The second-order valence-electron chi connectivity index (χ2n) is 5.95. The van der Waals surface area contributed by atoms with E-state index < -0.39 is 0 Å². The van der Waals surface area contributed by atoms with E-state index in [-0.39, 0.29) is 0 Å². The summed E-state index contributed by atoms with van der Waals surface area (Å²) in [7, 11) is 1.65. The third kappa shape index (κ3) is 5.67. The lowest BCUT2D eigenvalue weighted by molar-refractivity contribution is 0.312. The van der Waals surface area contributed by atoms with Crippen LogP contribution in [0.1, 0.15) is 5.56 Å². The molecule has 0 saturated carbocycles. The van der Waals surface area contributed by atoms with Crippen LogP contribution in [0.15, 0.2) is 82.6 Å². The van der Waals surface area contributed by atoms with Crippen molar-refractivity contribution in [1.82, 2.24) is 5.32 Å². The van der Waals surface area contributed by atoms with Crippen LogP contribution in [-0.4, -0.2) is 20.3 Å². The highest BCUT2D eigenvalue weighted by molar-refractivity contribution is 7.99. The molecule has 0 aliphatic heterocycles. The van der Waals surface area contributed by atoms with Crippen molar-refractivity contribution < 1.29 is 9.47 Å². The van der Waals surface area contributed by atoms with Crippen LogP contribution in [0.25, 0.3) is 0 Å². The van der Waals surface area contributed by atoms with Crippen LogP contribution in [0.4, 0.5) is 5.69 Å². The van der Waals surface area contributed by atoms with Crippen molar-refractivity contribution in [2.45, 2.75) is 16.3 Å². The van der Waals surface area contributed by atoms with Crippen LogP contribution in [0.2, 0.25) is 0 Å². The molecule has 3 N–H and O–H groups in total. The van der Waals surface area contributed by atoms with E-state index in [9.17, 15) is 0 Å². The molecule has 0 radical (unpaired) electrons. The van der Waals surface area contributed by atoms with Crippen molar-refractivity contribution in [3.8, 4) is 11.5 Å². The second-order valence-corrected chi connectivity index (χ2v) is 7.03. The van der Waals surface area contributed by atoms with Gasteiger partial charge in [0.25, 0.3) is 0 Å². The molecule has 5 heteroatoms. The first-order valence-corrected chi connectivity index (χ1v) is 9.66. The number of para-hydroxylation sites is 1. The summed E-state index contributed by atoms with van der Waals surface area (Å²) in [6.07, 6.45) is 0. The van der Waals surface area contributed by atoms with E-state index in [1.165, 1.54) is 10.5 Å². The maximum Gasteiger partial charge on any atom is 0.119 e. The number of nitrogens with two attached hydrogens (primary N) is 1. The van der Waals surface area contributed by atoms with E-state index in [4.69, 9.17) is 15.2 Å². The van der Waals surface area contributed by atoms with Crippen molar-refractivity contribution in [3.05, 3.63) is 78.4 Å². The van der Waals surface area contributed by atoms with Crippen molar-refractivity contribution in [1.29, 1.82) is 0 Å². The molecule has 4 nitrogen and oxygen atoms in total. The Hall–Kier alpha value is -2.63. The predicted molar refractivity (Wildman–Crippen MR) is 112 cm³/mol. The summed E-state index contributed by atoms with van der Waals surface area (Å²) >= 11 is 1.70. The standard InChI is InChI=1S/C22H24N2O2S/c1-25-18-10-12-19(13-11-18)26-15-14-24-16-17-6-2-4-8-21(17)27-22-9-5-3-7-20(22)23/h2-13,24H,14-16,23H2,1H3. The molecule has 0 unspecified atom stereocenters. The smallest absolute Gasteiger partial charge is 0.119 e. The van der Waals surface area contributed by atoms with E-state index in [2.05, 4.69) is 29.6 Å². The normalized spacial score (nSPS) is 10.6. The molecule has 3 rings (SSSR count). The van der Waals surface area contributed by atoms with Gasteiger partial charge in [0.2, 0.25) is 0 Å². The number of hydrogen-bond donors (Lipinski definition) is 2. The molecule has 0 bridgehead atoms. The molecule has 0 amide bonds. The molecule has 0 heterocycles. The van der Waals surface area contributed by atoms with Gasteiger partial charge in [-0.3, -0.25) is 0 Å². The van der Waals surface area contributed by atoms with Gasteiger partial charge in [0.1, 0.15) is 18.1 Å². The van der Waals surface area contributed by atoms with Gasteiger partial charge < -0.3 is 20.5 Å². The van der Waals surface area contributed by atoms with Crippen molar-refractivity contribution >= 4 is 17.4 Å². The van der Waals surface area contributed by atoms with Gasteiger partial charge in [-0.05, 0) is 48.0 Å². The molecular weight excluding hydrogens is 356 g/mol. The summed E-state index contributed by atoms with van der Waals surface area (Å²) in [6.45, 7) is 2.15. The predicted octanol–water partition coefficient (Wildman–Crippen LogP) is 4.60. The average molecular weight is 381 g/mol. The first kappa shape index (κ1) is 19.1.